The Hall–Kier alpha value is -2.82. The van der Waals surface area contributed by atoms with Crippen LogP contribution in [0.3, 0.4) is 0 Å². The molecule has 1 aromatic heterocycles. The average Bonchev–Trinajstić information content (AvgIpc) is 2.52. The number of aromatic hydroxyl groups is 1. The van der Waals surface area contributed by atoms with Crippen LogP contribution >= 0.6 is 0 Å². The zero-order valence-electron chi connectivity index (χ0n) is 14.9. The molecule has 3 rings (SSSR count). The summed E-state index contributed by atoms with van der Waals surface area (Å²) in [7, 11) is 0. The second-order valence-electron chi connectivity index (χ2n) is 7.15. The highest BCUT2D eigenvalue weighted by Gasteiger charge is 2.30. The molecule has 0 aliphatic carbocycles. The third-order valence-electron chi connectivity index (χ3n) is 3.96. The maximum atomic E-state index is 12.5. The van der Waals surface area contributed by atoms with Crippen molar-refractivity contribution in [3.8, 4) is 5.75 Å². The molecule has 5 nitrogen and oxygen atoms in total. The normalized spacial score (nSPS) is 17.1. The summed E-state index contributed by atoms with van der Waals surface area (Å²) in [6.07, 6.45) is 5.53. The zero-order chi connectivity index (χ0) is 18.2. The number of rotatable bonds is 2. The maximum absolute atomic E-state index is 12.5. The van der Waals surface area contributed by atoms with E-state index < -0.39 is 11.7 Å². The molecule has 0 saturated heterocycles. The summed E-state index contributed by atoms with van der Waals surface area (Å²) in [6, 6.07) is 8.75. The number of aliphatic imine (C=N–C) groups is 1. The molecular weight excluding hydrogens is 316 g/mol. The maximum Gasteiger partial charge on any atom is 0.345 e. The zero-order valence-corrected chi connectivity index (χ0v) is 14.9. The van der Waals surface area contributed by atoms with Crippen LogP contribution in [0.15, 0.2) is 50.7 Å². The van der Waals surface area contributed by atoms with Crippen molar-refractivity contribution in [3.05, 3.63) is 69.4 Å². The quantitative estimate of drug-likeness (QED) is 0.667. The van der Waals surface area contributed by atoms with Crippen LogP contribution in [0.2, 0.25) is 0 Å². The van der Waals surface area contributed by atoms with E-state index in [0.29, 0.717) is 5.76 Å². The molecule has 2 aromatic rings. The molecule has 0 saturated carbocycles. The molecule has 1 N–H and O–H groups in total. The predicted octanol–water partition coefficient (Wildman–Crippen LogP) is 3.86. The molecule has 2 heterocycles. The summed E-state index contributed by atoms with van der Waals surface area (Å²) >= 11 is 0. The minimum Gasteiger partial charge on any atom is -0.507 e. The topological polar surface area (TPSA) is 66.0 Å². The molecule has 0 radical (unpaired) electrons. The van der Waals surface area contributed by atoms with Crippen LogP contribution in [0.5, 0.6) is 5.75 Å². The average molecular weight is 338 g/mol. The molecule has 0 spiro atoms. The lowest BCUT2D eigenvalue weighted by atomic mass is 9.91. The van der Waals surface area contributed by atoms with Gasteiger partial charge in [0.05, 0.1) is 17.9 Å². The lowest BCUT2D eigenvalue weighted by Gasteiger charge is -2.32. The Kier molecular flexibility index (Phi) is 4.25. The first-order chi connectivity index (χ1) is 11.8. The summed E-state index contributed by atoms with van der Waals surface area (Å²) in [5.41, 5.74) is 1.32. The standard InChI is InChI=1S/C20H22N2O3/c1-13-11-16(23)17(19(24)25-13)18-15-8-6-5-7-14(15)9-10-22(18)12-21-20(2,3)4/h5-12,18,23H,1-4H3. The molecule has 130 valence electrons. The van der Waals surface area contributed by atoms with E-state index in [-0.39, 0.29) is 16.9 Å². The SMILES string of the molecule is Cc1cc(O)c(C2c3ccccc3C=CN2C=NC(C)(C)C)c(=O)o1. The molecule has 1 atom stereocenters. The van der Waals surface area contributed by atoms with E-state index in [4.69, 9.17) is 4.42 Å². The number of nitrogens with zero attached hydrogens (tertiary/aromatic N) is 2. The molecule has 1 aliphatic heterocycles. The van der Waals surface area contributed by atoms with E-state index in [1.807, 2.05) is 62.2 Å². The van der Waals surface area contributed by atoms with Gasteiger partial charge >= 0.3 is 5.63 Å². The van der Waals surface area contributed by atoms with Gasteiger partial charge in [0, 0.05) is 12.3 Å². The lowest BCUT2D eigenvalue weighted by Crippen LogP contribution is -2.31. The van der Waals surface area contributed by atoms with Gasteiger partial charge in [-0.05, 0) is 44.9 Å². The van der Waals surface area contributed by atoms with Gasteiger partial charge in [-0.1, -0.05) is 24.3 Å². The molecule has 1 unspecified atom stereocenters. The van der Waals surface area contributed by atoms with Crippen LogP contribution in [0.1, 0.15) is 49.3 Å². The Bertz CT molecular complexity index is 904. The Morgan fingerprint density at radius 2 is 2.00 bits per heavy atom. The van der Waals surface area contributed by atoms with Crippen LogP contribution in [-0.4, -0.2) is 21.9 Å². The van der Waals surface area contributed by atoms with Crippen LogP contribution < -0.4 is 5.63 Å². The van der Waals surface area contributed by atoms with Crippen molar-refractivity contribution in [1.82, 2.24) is 4.90 Å². The van der Waals surface area contributed by atoms with Crippen molar-refractivity contribution in [3.63, 3.8) is 0 Å². The first-order valence-corrected chi connectivity index (χ1v) is 8.20. The number of hydrogen-bond acceptors (Lipinski definition) is 4. The van der Waals surface area contributed by atoms with Gasteiger partial charge in [-0.2, -0.15) is 0 Å². The highest BCUT2D eigenvalue weighted by molar-refractivity contribution is 5.68. The van der Waals surface area contributed by atoms with E-state index in [0.717, 1.165) is 11.1 Å². The molecule has 5 heteroatoms. The third-order valence-corrected chi connectivity index (χ3v) is 3.96. The highest BCUT2D eigenvalue weighted by atomic mass is 16.4. The van der Waals surface area contributed by atoms with E-state index >= 15 is 0 Å². The van der Waals surface area contributed by atoms with Gasteiger partial charge in [-0.25, -0.2) is 4.79 Å². The van der Waals surface area contributed by atoms with Crippen LogP contribution in [-0.2, 0) is 0 Å². The molecule has 0 amide bonds. The van der Waals surface area contributed by atoms with Gasteiger partial charge in [0.25, 0.3) is 0 Å². The largest absolute Gasteiger partial charge is 0.507 e. The van der Waals surface area contributed by atoms with E-state index in [9.17, 15) is 9.90 Å². The summed E-state index contributed by atoms with van der Waals surface area (Å²) < 4.78 is 5.24. The van der Waals surface area contributed by atoms with Gasteiger partial charge in [0.1, 0.15) is 17.1 Å². The minimum atomic E-state index is -0.540. The summed E-state index contributed by atoms with van der Waals surface area (Å²) in [4.78, 5) is 18.9. The molecular formula is C20H22N2O3. The van der Waals surface area contributed by atoms with Gasteiger partial charge in [0.2, 0.25) is 0 Å². The van der Waals surface area contributed by atoms with Gasteiger partial charge in [-0.15, -0.1) is 0 Å². The molecule has 1 aliphatic rings. The summed E-state index contributed by atoms with van der Waals surface area (Å²) in [5, 5.41) is 10.4. The predicted molar refractivity (Wildman–Crippen MR) is 98.8 cm³/mol. The van der Waals surface area contributed by atoms with Crippen molar-refractivity contribution in [1.29, 1.82) is 0 Å². The third kappa shape index (κ3) is 3.50. The number of fused-ring (bicyclic) bond motifs is 1. The summed E-state index contributed by atoms with van der Waals surface area (Å²) in [6.45, 7) is 7.63. The highest BCUT2D eigenvalue weighted by Crippen LogP contribution is 2.37. The van der Waals surface area contributed by atoms with E-state index in [1.165, 1.54) is 6.07 Å². The van der Waals surface area contributed by atoms with Crippen molar-refractivity contribution >= 4 is 12.4 Å². The number of benzene rings is 1. The first-order valence-electron chi connectivity index (χ1n) is 8.20. The van der Waals surface area contributed by atoms with Gasteiger partial charge in [-0.3, -0.25) is 4.99 Å². The lowest BCUT2D eigenvalue weighted by molar-refractivity contribution is 0.384. The van der Waals surface area contributed by atoms with E-state index in [2.05, 4.69) is 4.99 Å². The smallest absolute Gasteiger partial charge is 0.345 e. The van der Waals surface area contributed by atoms with Gasteiger partial charge < -0.3 is 14.4 Å². The van der Waals surface area contributed by atoms with Crippen molar-refractivity contribution in [2.45, 2.75) is 39.3 Å². The second kappa shape index (κ2) is 6.24. The minimum absolute atomic E-state index is 0.0713. The Morgan fingerprint density at radius 3 is 2.68 bits per heavy atom. The van der Waals surface area contributed by atoms with Crippen molar-refractivity contribution in [2.24, 2.45) is 4.99 Å². The fourth-order valence-corrected chi connectivity index (χ4v) is 2.83. The van der Waals surface area contributed by atoms with Crippen LogP contribution in [0.25, 0.3) is 6.08 Å². The Labute approximate surface area is 146 Å². The van der Waals surface area contributed by atoms with Crippen LogP contribution in [0, 0.1) is 6.92 Å². The summed E-state index contributed by atoms with van der Waals surface area (Å²) in [5.74, 6) is 0.304. The number of hydrogen-bond donors (Lipinski definition) is 1. The molecule has 25 heavy (non-hydrogen) atoms. The molecule has 1 aromatic carbocycles. The second-order valence-corrected chi connectivity index (χ2v) is 7.15. The fourth-order valence-electron chi connectivity index (χ4n) is 2.83. The number of aryl methyl sites for hydroxylation is 1. The Morgan fingerprint density at radius 1 is 1.28 bits per heavy atom. The first kappa shape index (κ1) is 17.0. The van der Waals surface area contributed by atoms with Gasteiger partial charge in [0.15, 0.2) is 0 Å². The molecule has 0 fully saturated rings. The van der Waals surface area contributed by atoms with Crippen molar-refractivity contribution < 1.29 is 9.52 Å². The van der Waals surface area contributed by atoms with Crippen LogP contribution in [0.4, 0.5) is 0 Å². The molecule has 0 bridgehead atoms. The monoisotopic (exact) mass is 338 g/mol. The van der Waals surface area contributed by atoms with Crippen molar-refractivity contribution in [2.75, 3.05) is 0 Å². The fraction of sp³-hybridized carbons (Fsp3) is 0.300. The van der Waals surface area contributed by atoms with E-state index in [1.54, 1.807) is 13.3 Å². The Balaban J connectivity index is 2.19.